The van der Waals surface area contributed by atoms with Gasteiger partial charge in [0.1, 0.15) is 0 Å². The Morgan fingerprint density at radius 3 is 2.72 bits per heavy atom. The Kier molecular flexibility index (Phi) is 3.86. The largest absolute Gasteiger partial charge is 0.462 e. The summed E-state index contributed by atoms with van der Waals surface area (Å²) in [4.78, 5) is 19.5. The minimum atomic E-state index is -0.372. The number of pyridine rings is 2. The van der Waals surface area contributed by atoms with Gasteiger partial charge in [-0.2, -0.15) is 0 Å². The summed E-state index contributed by atoms with van der Waals surface area (Å²) in [5.41, 5.74) is 2.04. The van der Waals surface area contributed by atoms with Crippen molar-refractivity contribution in [1.29, 1.82) is 0 Å². The molecule has 18 heavy (non-hydrogen) atoms. The molecule has 0 amide bonds. The number of hydrogen-bond donors (Lipinski definition) is 1. The van der Waals surface area contributed by atoms with Gasteiger partial charge in [-0.3, -0.25) is 9.97 Å². The third-order valence-electron chi connectivity index (χ3n) is 2.22. The van der Waals surface area contributed by atoms with Crippen molar-refractivity contribution in [2.24, 2.45) is 0 Å². The van der Waals surface area contributed by atoms with Gasteiger partial charge in [0.15, 0.2) is 0 Å². The molecule has 0 aromatic carbocycles. The van der Waals surface area contributed by atoms with Crippen LogP contribution in [-0.4, -0.2) is 22.5 Å². The summed E-state index contributed by atoms with van der Waals surface area (Å²) in [6, 6.07) is 5.36. The van der Waals surface area contributed by atoms with Crippen LogP contribution >= 0.6 is 0 Å². The first kappa shape index (κ1) is 12.0. The van der Waals surface area contributed by atoms with E-state index in [1.54, 1.807) is 31.6 Å². The zero-order valence-electron chi connectivity index (χ0n) is 9.96. The van der Waals surface area contributed by atoms with Crippen molar-refractivity contribution in [1.82, 2.24) is 9.97 Å². The highest BCUT2D eigenvalue weighted by Gasteiger charge is 2.07. The van der Waals surface area contributed by atoms with E-state index in [2.05, 4.69) is 15.3 Å². The van der Waals surface area contributed by atoms with Gasteiger partial charge in [-0.25, -0.2) is 4.79 Å². The van der Waals surface area contributed by atoms with Crippen molar-refractivity contribution in [3.05, 3.63) is 48.5 Å². The van der Waals surface area contributed by atoms with E-state index in [4.69, 9.17) is 4.74 Å². The predicted molar refractivity (Wildman–Crippen MR) is 67.7 cm³/mol. The summed E-state index contributed by atoms with van der Waals surface area (Å²) in [5, 5.41) is 3.13. The van der Waals surface area contributed by atoms with E-state index < -0.39 is 0 Å². The lowest BCUT2D eigenvalue weighted by atomic mass is 10.2. The number of esters is 1. The van der Waals surface area contributed by atoms with E-state index in [0.29, 0.717) is 12.2 Å². The molecule has 2 heterocycles. The number of anilines is 2. The highest BCUT2D eigenvalue weighted by molar-refractivity contribution is 5.90. The van der Waals surface area contributed by atoms with Crippen molar-refractivity contribution >= 4 is 17.3 Å². The normalized spacial score (nSPS) is 9.83. The summed E-state index contributed by atoms with van der Waals surface area (Å²) < 4.78 is 4.92. The number of carbonyl (C=O) groups is 1. The third kappa shape index (κ3) is 3.04. The van der Waals surface area contributed by atoms with Gasteiger partial charge in [0.25, 0.3) is 0 Å². The number of rotatable bonds is 4. The van der Waals surface area contributed by atoms with E-state index >= 15 is 0 Å². The molecule has 0 saturated heterocycles. The molecule has 1 N–H and O–H groups in total. The van der Waals surface area contributed by atoms with Crippen molar-refractivity contribution in [2.75, 3.05) is 11.9 Å². The van der Waals surface area contributed by atoms with Crippen LogP contribution in [0, 0.1) is 0 Å². The Hall–Kier alpha value is -2.43. The molecule has 0 aliphatic carbocycles. The maximum atomic E-state index is 11.5. The van der Waals surface area contributed by atoms with Crippen LogP contribution in [0.4, 0.5) is 11.4 Å². The predicted octanol–water partition coefficient (Wildman–Crippen LogP) is 2.40. The number of hydrogen-bond acceptors (Lipinski definition) is 5. The summed E-state index contributed by atoms with van der Waals surface area (Å²) in [6.45, 7) is 2.12. The third-order valence-corrected chi connectivity index (χ3v) is 2.22. The van der Waals surface area contributed by atoms with Crippen molar-refractivity contribution in [2.45, 2.75) is 6.92 Å². The Balaban J connectivity index is 2.15. The van der Waals surface area contributed by atoms with Crippen LogP contribution in [0.1, 0.15) is 17.3 Å². The summed E-state index contributed by atoms with van der Waals surface area (Å²) >= 11 is 0. The minimum absolute atomic E-state index is 0.348. The lowest BCUT2D eigenvalue weighted by molar-refractivity contribution is 0.0526. The molecule has 0 atom stereocenters. The Morgan fingerprint density at radius 2 is 2.00 bits per heavy atom. The SMILES string of the molecule is CCOC(=O)c1cncc(Nc2ccncc2)c1. The second-order valence-corrected chi connectivity index (χ2v) is 3.54. The van der Waals surface area contributed by atoms with Crippen LogP contribution in [0.15, 0.2) is 43.0 Å². The molecule has 0 saturated carbocycles. The zero-order valence-corrected chi connectivity index (χ0v) is 9.96. The van der Waals surface area contributed by atoms with Gasteiger partial charge in [0.2, 0.25) is 0 Å². The van der Waals surface area contributed by atoms with Crippen LogP contribution in [0.25, 0.3) is 0 Å². The second kappa shape index (κ2) is 5.77. The van der Waals surface area contributed by atoms with Crippen molar-refractivity contribution in [3.8, 4) is 0 Å². The summed E-state index contributed by atoms with van der Waals surface area (Å²) in [6.07, 6.45) is 6.49. The van der Waals surface area contributed by atoms with Gasteiger partial charge >= 0.3 is 5.97 Å². The van der Waals surface area contributed by atoms with E-state index in [0.717, 1.165) is 11.4 Å². The molecular formula is C13H13N3O2. The molecule has 0 bridgehead atoms. The number of ether oxygens (including phenoxy) is 1. The quantitative estimate of drug-likeness (QED) is 0.835. The molecule has 0 aliphatic rings. The van der Waals surface area contributed by atoms with Gasteiger partial charge in [-0.05, 0) is 25.1 Å². The molecular weight excluding hydrogens is 230 g/mol. The maximum absolute atomic E-state index is 11.5. The van der Waals surface area contributed by atoms with Gasteiger partial charge in [-0.1, -0.05) is 0 Å². The van der Waals surface area contributed by atoms with Crippen LogP contribution in [0.2, 0.25) is 0 Å². The standard InChI is InChI=1S/C13H13N3O2/c1-2-18-13(17)10-7-12(9-15-8-10)16-11-3-5-14-6-4-11/h3-9H,2H2,1H3,(H,14,16). The molecule has 0 spiro atoms. The topological polar surface area (TPSA) is 64.1 Å². The second-order valence-electron chi connectivity index (χ2n) is 3.54. The average Bonchev–Trinajstić information content (AvgIpc) is 2.40. The van der Waals surface area contributed by atoms with Crippen molar-refractivity contribution < 1.29 is 9.53 Å². The number of carbonyl (C=O) groups excluding carboxylic acids is 1. The van der Waals surface area contributed by atoms with Crippen LogP contribution in [-0.2, 0) is 4.74 Å². The zero-order chi connectivity index (χ0) is 12.8. The fourth-order valence-corrected chi connectivity index (χ4v) is 1.44. The Bertz CT molecular complexity index is 529. The van der Waals surface area contributed by atoms with Crippen LogP contribution < -0.4 is 5.32 Å². The van der Waals surface area contributed by atoms with Crippen molar-refractivity contribution in [3.63, 3.8) is 0 Å². The van der Waals surface area contributed by atoms with E-state index in [-0.39, 0.29) is 5.97 Å². The molecule has 5 heteroatoms. The molecule has 2 rings (SSSR count). The van der Waals surface area contributed by atoms with E-state index in [9.17, 15) is 4.79 Å². The minimum Gasteiger partial charge on any atom is -0.462 e. The smallest absolute Gasteiger partial charge is 0.339 e. The molecule has 2 aromatic heterocycles. The molecule has 5 nitrogen and oxygen atoms in total. The molecule has 92 valence electrons. The number of nitrogens with one attached hydrogen (secondary N) is 1. The van der Waals surface area contributed by atoms with Gasteiger partial charge in [0.05, 0.1) is 24.1 Å². The van der Waals surface area contributed by atoms with Crippen LogP contribution in [0.3, 0.4) is 0 Å². The average molecular weight is 243 g/mol. The van der Waals surface area contributed by atoms with Gasteiger partial charge in [0, 0.05) is 24.3 Å². The first-order valence-corrected chi connectivity index (χ1v) is 5.59. The number of aromatic nitrogens is 2. The Labute approximate surface area is 105 Å². The fraction of sp³-hybridized carbons (Fsp3) is 0.154. The summed E-state index contributed by atoms with van der Waals surface area (Å²) in [5.74, 6) is -0.372. The summed E-state index contributed by atoms with van der Waals surface area (Å²) in [7, 11) is 0. The lowest BCUT2D eigenvalue weighted by Gasteiger charge is -2.07. The molecule has 0 unspecified atom stereocenters. The van der Waals surface area contributed by atoms with Gasteiger partial charge in [-0.15, -0.1) is 0 Å². The molecule has 0 fully saturated rings. The maximum Gasteiger partial charge on any atom is 0.339 e. The first-order chi connectivity index (χ1) is 8.79. The lowest BCUT2D eigenvalue weighted by Crippen LogP contribution is -2.05. The fourth-order valence-electron chi connectivity index (χ4n) is 1.44. The molecule has 0 aliphatic heterocycles. The monoisotopic (exact) mass is 243 g/mol. The van der Waals surface area contributed by atoms with Gasteiger partial charge < -0.3 is 10.1 Å². The highest BCUT2D eigenvalue weighted by Crippen LogP contribution is 2.15. The molecule has 2 aromatic rings. The Morgan fingerprint density at radius 1 is 1.22 bits per heavy atom. The molecule has 0 radical (unpaired) electrons. The van der Waals surface area contributed by atoms with Crippen LogP contribution in [0.5, 0.6) is 0 Å². The van der Waals surface area contributed by atoms with E-state index in [1.807, 2.05) is 12.1 Å². The number of nitrogens with zero attached hydrogens (tertiary/aromatic N) is 2. The van der Waals surface area contributed by atoms with E-state index in [1.165, 1.54) is 6.20 Å². The highest BCUT2D eigenvalue weighted by atomic mass is 16.5. The first-order valence-electron chi connectivity index (χ1n) is 5.59.